The van der Waals surface area contributed by atoms with Gasteiger partial charge in [-0.05, 0) is 12.8 Å². The molecule has 0 heterocycles. The Balaban J connectivity index is 2.65. The van der Waals surface area contributed by atoms with E-state index >= 15 is 0 Å². The molecule has 3 nitrogen and oxygen atoms in total. The summed E-state index contributed by atoms with van der Waals surface area (Å²) in [5.41, 5.74) is 2.02. The molecule has 0 aliphatic carbocycles. The van der Waals surface area contributed by atoms with Crippen molar-refractivity contribution in [3.05, 3.63) is 0 Å². The van der Waals surface area contributed by atoms with E-state index in [1.807, 2.05) is 11.5 Å². The molecule has 0 spiro atoms. The predicted molar refractivity (Wildman–Crippen MR) is 29.3 cm³/mol. The maximum Gasteiger partial charge on any atom is 0.0621 e. The SMILES string of the molecule is N#CCCCCNO. The van der Waals surface area contributed by atoms with Gasteiger partial charge in [0, 0.05) is 13.0 Å². The molecule has 0 aliphatic rings. The number of hydroxylamine groups is 1. The van der Waals surface area contributed by atoms with Gasteiger partial charge in [0.05, 0.1) is 6.07 Å². The van der Waals surface area contributed by atoms with E-state index in [9.17, 15) is 0 Å². The van der Waals surface area contributed by atoms with Gasteiger partial charge in [-0.2, -0.15) is 5.26 Å². The third-order valence-electron chi connectivity index (χ3n) is 0.827. The van der Waals surface area contributed by atoms with Crippen LogP contribution < -0.4 is 5.48 Å². The predicted octanol–water partition coefficient (Wildman–Crippen LogP) is 0.659. The van der Waals surface area contributed by atoms with Crippen LogP contribution in [0, 0.1) is 11.3 Å². The molecule has 8 heavy (non-hydrogen) atoms. The summed E-state index contributed by atoms with van der Waals surface area (Å²) in [4.78, 5) is 0. The van der Waals surface area contributed by atoms with Crippen LogP contribution in [-0.4, -0.2) is 11.8 Å². The van der Waals surface area contributed by atoms with E-state index in [1.54, 1.807) is 0 Å². The van der Waals surface area contributed by atoms with Gasteiger partial charge in [0.25, 0.3) is 0 Å². The van der Waals surface area contributed by atoms with Crippen LogP contribution in [0.3, 0.4) is 0 Å². The lowest BCUT2D eigenvalue weighted by Gasteiger charge is -1.91. The summed E-state index contributed by atoms with van der Waals surface area (Å²) in [6.45, 7) is 0.585. The summed E-state index contributed by atoms with van der Waals surface area (Å²) in [5, 5.41) is 16.1. The highest BCUT2D eigenvalue weighted by molar-refractivity contribution is 4.67. The van der Waals surface area contributed by atoms with Crippen LogP contribution in [0.5, 0.6) is 0 Å². The Morgan fingerprint density at radius 3 is 2.75 bits per heavy atom. The zero-order valence-electron chi connectivity index (χ0n) is 4.72. The van der Waals surface area contributed by atoms with E-state index in [0.717, 1.165) is 12.8 Å². The second kappa shape index (κ2) is 6.41. The molecular weight excluding hydrogens is 104 g/mol. The Kier molecular flexibility index (Phi) is 5.94. The van der Waals surface area contributed by atoms with Crippen molar-refractivity contribution in [1.82, 2.24) is 5.48 Å². The maximum atomic E-state index is 8.03. The molecule has 0 radical (unpaired) electrons. The minimum absolute atomic E-state index is 0.585. The minimum Gasteiger partial charge on any atom is -0.317 e. The molecule has 0 saturated heterocycles. The Morgan fingerprint density at radius 1 is 1.50 bits per heavy atom. The second-order valence-corrected chi connectivity index (χ2v) is 1.52. The van der Waals surface area contributed by atoms with Crippen LogP contribution in [0.15, 0.2) is 0 Å². The first-order valence-electron chi connectivity index (χ1n) is 2.65. The monoisotopic (exact) mass is 114 g/mol. The van der Waals surface area contributed by atoms with Crippen LogP contribution in [0.4, 0.5) is 0 Å². The second-order valence-electron chi connectivity index (χ2n) is 1.52. The average molecular weight is 114 g/mol. The lowest BCUT2D eigenvalue weighted by molar-refractivity contribution is 0.165. The third-order valence-corrected chi connectivity index (χ3v) is 0.827. The van der Waals surface area contributed by atoms with Gasteiger partial charge < -0.3 is 5.21 Å². The summed E-state index contributed by atoms with van der Waals surface area (Å²) in [5.74, 6) is 0. The Labute approximate surface area is 48.9 Å². The highest BCUT2D eigenvalue weighted by Crippen LogP contribution is 1.89. The summed E-state index contributed by atoms with van der Waals surface area (Å²) < 4.78 is 0. The van der Waals surface area contributed by atoms with Crippen LogP contribution in [0.1, 0.15) is 19.3 Å². The Morgan fingerprint density at radius 2 is 2.25 bits per heavy atom. The van der Waals surface area contributed by atoms with Crippen molar-refractivity contribution in [2.45, 2.75) is 19.3 Å². The van der Waals surface area contributed by atoms with Gasteiger partial charge in [0.1, 0.15) is 0 Å². The van der Waals surface area contributed by atoms with Gasteiger partial charge in [-0.15, -0.1) is 0 Å². The van der Waals surface area contributed by atoms with Gasteiger partial charge in [-0.3, -0.25) is 0 Å². The number of hydrogen-bond donors (Lipinski definition) is 2. The molecule has 0 atom stereocenters. The van der Waals surface area contributed by atoms with Crippen molar-refractivity contribution in [2.24, 2.45) is 0 Å². The quantitative estimate of drug-likeness (QED) is 0.417. The van der Waals surface area contributed by atoms with E-state index in [1.165, 1.54) is 0 Å². The van der Waals surface area contributed by atoms with Crippen LogP contribution >= 0.6 is 0 Å². The van der Waals surface area contributed by atoms with Crippen molar-refractivity contribution >= 4 is 0 Å². The van der Waals surface area contributed by atoms with Gasteiger partial charge in [-0.1, -0.05) is 0 Å². The molecule has 46 valence electrons. The summed E-state index contributed by atoms with van der Waals surface area (Å²) >= 11 is 0. The molecule has 0 aromatic rings. The van der Waals surface area contributed by atoms with Crippen LogP contribution in [-0.2, 0) is 0 Å². The molecule has 0 amide bonds. The zero-order chi connectivity index (χ0) is 6.24. The van der Waals surface area contributed by atoms with Gasteiger partial charge in [0.15, 0.2) is 0 Å². The number of unbranched alkanes of at least 4 members (excludes halogenated alkanes) is 2. The highest BCUT2D eigenvalue weighted by Gasteiger charge is 1.83. The number of hydrogen-bond acceptors (Lipinski definition) is 3. The lowest BCUT2D eigenvalue weighted by Crippen LogP contribution is -2.07. The van der Waals surface area contributed by atoms with Gasteiger partial charge in [-0.25, -0.2) is 5.48 Å². The summed E-state index contributed by atoms with van der Waals surface area (Å²) in [7, 11) is 0. The molecule has 0 bridgehead atoms. The molecule has 0 aliphatic heterocycles. The van der Waals surface area contributed by atoms with E-state index in [2.05, 4.69) is 0 Å². The minimum atomic E-state index is 0.585. The Bertz CT molecular complexity index is 77.0. The van der Waals surface area contributed by atoms with Crippen molar-refractivity contribution in [3.63, 3.8) is 0 Å². The van der Waals surface area contributed by atoms with Crippen molar-refractivity contribution in [1.29, 1.82) is 5.26 Å². The smallest absolute Gasteiger partial charge is 0.0621 e. The molecule has 0 aromatic heterocycles. The van der Waals surface area contributed by atoms with Crippen molar-refractivity contribution in [3.8, 4) is 6.07 Å². The number of rotatable bonds is 4. The molecule has 3 heteroatoms. The number of nitrogens with one attached hydrogen (secondary N) is 1. The molecule has 0 aromatic carbocycles. The molecule has 2 N–H and O–H groups in total. The standard InChI is InChI=1S/C5H10N2O/c6-4-2-1-3-5-7-8/h7-8H,1-3,5H2. The first-order valence-corrected chi connectivity index (χ1v) is 2.65. The van der Waals surface area contributed by atoms with Crippen molar-refractivity contribution < 1.29 is 5.21 Å². The highest BCUT2D eigenvalue weighted by atomic mass is 16.5. The average Bonchev–Trinajstić information content (AvgIpc) is 1.81. The fraction of sp³-hybridized carbons (Fsp3) is 0.800. The first kappa shape index (κ1) is 7.41. The van der Waals surface area contributed by atoms with Crippen LogP contribution in [0.2, 0.25) is 0 Å². The summed E-state index contributed by atoms with van der Waals surface area (Å²) in [6.07, 6.45) is 2.32. The molecule has 0 rings (SSSR count). The fourth-order valence-corrected chi connectivity index (χ4v) is 0.408. The van der Waals surface area contributed by atoms with E-state index in [-0.39, 0.29) is 0 Å². The lowest BCUT2D eigenvalue weighted by atomic mass is 10.2. The van der Waals surface area contributed by atoms with E-state index < -0.39 is 0 Å². The van der Waals surface area contributed by atoms with Gasteiger partial charge >= 0.3 is 0 Å². The molecule has 0 fully saturated rings. The normalized spacial score (nSPS) is 8.50. The van der Waals surface area contributed by atoms with E-state index in [0.29, 0.717) is 13.0 Å². The summed E-state index contributed by atoms with van der Waals surface area (Å²) in [6, 6.07) is 2.02. The first-order chi connectivity index (χ1) is 3.91. The topological polar surface area (TPSA) is 56.0 Å². The molecule has 0 unspecified atom stereocenters. The maximum absolute atomic E-state index is 8.03. The zero-order valence-corrected chi connectivity index (χ0v) is 4.72. The molecule has 0 saturated carbocycles. The fourth-order valence-electron chi connectivity index (χ4n) is 0.408. The van der Waals surface area contributed by atoms with E-state index in [4.69, 9.17) is 10.5 Å². The third kappa shape index (κ3) is 5.41. The largest absolute Gasteiger partial charge is 0.317 e. The number of nitrogens with zero attached hydrogens (tertiary/aromatic N) is 1. The van der Waals surface area contributed by atoms with Crippen LogP contribution in [0.25, 0.3) is 0 Å². The van der Waals surface area contributed by atoms with Gasteiger partial charge in [0.2, 0.25) is 0 Å². The number of nitriles is 1. The van der Waals surface area contributed by atoms with Crippen molar-refractivity contribution in [2.75, 3.05) is 6.54 Å². The Hall–Kier alpha value is -0.590. The molecular formula is C5H10N2O.